The molecule has 0 fully saturated rings. The summed E-state index contributed by atoms with van der Waals surface area (Å²) in [4.78, 5) is 11.1. The van der Waals surface area contributed by atoms with Crippen LogP contribution in [0.3, 0.4) is 0 Å². The molecule has 1 unspecified atom stereocenters. The number of carbonyl (C=O) groups is 1. The third kappa shape index (κ3) is 9.79. The van der Waals surface area contributed by atoms with E-state index < -0.39 is 0 Å². The average Bonchev–Trinajstić information content (AvgIpc) is 2.35. The van der Waals surface area contributed by atoms with Gasteiger partial charge in [0.2, 0.25) is 0 Å². The van der Waals surface area contributed by atoms with Crippen LogP contribution in [0.15, 0.2) is 23.8 Å². The molecule has 0 radical (unpaired) electrons. The van der Waals surface area contributed by atoms with Crippen LogP contribution in [-0.2, 0) is 14.3 Å². The molecule has 3 nitrogen and oxygen atoms in total. The lowest BCUT2D eigenvalue weighted by Crippen LogP contribution is -2.24. The average molecular weight is 282 g/mol. The fourth-order valence-electron chi connectivity index (χ4n) is 2.02. The topological polar surface area (TPSA) is 35.5 Å². The van der Waals surface area contributed by atoms with Crippen LogP contribution in [0.2, 0.25) is 0 Å². The summed E-state index contributed by atoms with van der Waals surface area (Å²) < 4.78 is 10.3. The van der Waals surface area contributed by atoms with Gasteiger partial charge in [-0.3, -0.25) is 0 Å². The highest BCUT2D eigenvalue weighted by Gasteiger charge is 2.16. The Balaban J connectivity index is 4.08. The van der Waals surface area contributed by atoms with E-state index in [1.807, 2.05) is 19.9 Å². The van der Waals surface area contributed by atoms with Gasteiger partial charge in [-0.1, -0.05) is 25.5 Å². The van der Waals surface area contributed by atoms with Crippen molar-refractivity contribution in [3.05, 3.63) is 23.8 Å². The van der Waals surface area contributed by atoms with E-state index in [0.29, 0.717) is 5.92 Å². The minimum Gasteiger partial charge on any atom is -0.466 e. The first-order valence-electron chi connectivity index (χ1n) is 7.39. The van der Waals surface area contributed by atoms with E-state index >= 15 is 0 Å². The van der Waals surface area contributed by atoms with Crippen molar-refractivity contribution < 1.29 is 14.3 Å². The fraction of sp³-hybridized carbons (Fsp3) is 0.706. The van der Waals surface area contributed by atoms with E-state index in [-0.39, 0.29) is 11.6 Å². The summed E-state index contributed by atoms with van der Waals surface area (Å²) >= 11 is 0. The predicted octanol–water partition coefficient (Wildman–Crippen LogP) is 4.28. The summed E-state index contributed by atoms with van der Waals surface area (Å²) in [5, 5.41) is 0. The monoisotopic (exact) mass is 282 g/mol. The third-order valence-electron chi connectivity index (χ3n) is 3.21. The van der Waals surface area contributed by atoms with Gasteiger partial charge in [-0.25, -0.2) is 4.79 Å². The maximum Gasteiger partial charge on any atom is 0.330 e. The van der Waals surface area contributed by atoms with Crippen molar-refractivity contribution in [3.8, 4) is 0 Å². The second-order valence-electron chi connectivity index (χ2n) is 5.83. The number of methoxy groups -OCH3 is 1. The smallest absolute Gasteiger partial charge is 0.330 e. The van der Waals surface area contributed by atoms with Gasteiger partial charge in [-0.2, -0.15) is 0 Å². The first kappa shape index (κ1) is 18.9. The molecule has 0 aromatic rings. The Labute approximate surface area is 124 Å². The van der Waals surface area contributed by atoms with Gasteiger partial charge >= 0.3 is 5.97 Å². The summed E-state index contributed by atoms with van der Waals surface area (Å²) in [5.74, 6) is 0.187. The van der Waals surface area contributed by atoms with Crippen LogP contribution < -0.4 is 0 Å². The number of carbonyl (C=O) groups excluding carboxylic acids is 1. The van der Waals surface area contributed by atoms with Gasteiger partial charge in [0.1, 0.15) is 0 Å². The van der Waals surface area contributed by atoms with E-state index in [1.165, 1.54) is 13.2 Å². The maximum absolute atomic E-state index is 11.1. The molecule has 0 heterocycles. The van der Waals surface area contributed by atoms with Crippen LogP contribution in [0, 0.1) is 5.92 Å². The van der Waals surface area contributed by atoms with Gasteiger partial charge in [0.05, 0.1) is 12.7 Å². The van der Waals surface area contributed by atoms with Crippen LogP contribution in [0.25, 0.3) is 0 Å². The van der Waals surface area contributed by atoms with Gasteiger partial charge in [0.15, 0.2) is 0 Å². The van der Waals surface area contributed by atoms with Crippen LogP contribution in [0.5, 0.6) is 0 Å². The normalized spacial score (nSPS) is 14.6. The molecule has 20 heavy (non-hydrogen) atoms. The minimum absolute atomic E-state index is 0.0289. The minimum atomic E-state index is -0.307. The van der Waals surface area contributed by atoms with Crippen molar-refractivity contribution in [1.82, 2.24) is 0 Å². The Kier molecular flexibility index (Phi) is 9.23. The van der Waals surface area contributed by atoms with Crippen molar-refractivity contribution in [2.45, 2.75) is 59.5 Å². The lowest BCUT2D eigenvalue weighted by molar-refractivity contribution is -0.134. The van der Waals surface area contributed by atoms with E-state index in [1.54, 1.807) is 0 Å². The summed E-state index contributed by atoms with van der Waals surface area (Å²) in [5.41, 5.74) is 0.886. The number of hydrogen-bond donors (Lipinski definition) is 0. The van der Waals surface area contributed by atoms with Gasteiger partial charge in [-0.15, -0.1) is 0 Å². The van der Waals surface area contributed by atoms with E-state index in [0.717, 1.165) is 31.4 Å². The molecular weight excluding hydrogens is 252 g/mol. The molecular formula is C17H30O3. The van der Waals surface area contributed by atoms with Crippen molar-refractivity contribution in [1.29, 1.82) is 0 Å². The van der Waals surface area contributed by atoms with Gasteiger partial charge in [0.25, 0.3) is 0 Å². The summed E-state index contributed by atoms with van der Waals surface area (Å²) in [6.45, 7) is 11.2. The standard InChI is InChI=1S/C17H30O3/c1-7-20-17(4,5)12-8-9-14(2)10-11-15(3)13-16(18)19-6/h10-11,13-14H,7-9,12H2,1-6H3/b11-10+,15-13+. The second-order valence-corrected chi connectivity index (χ2v) is 5.83. The van der Waals surface area contributed by atoms with Gasteiger partial charge < -0.3 is 9.47 Å². The molecule has 0 saturated heterocycles. The Hall–Kier alpha value is -1.09. The largest absolute Gasteiger partial charge is 0.466 e. The molecule has 0 rings (SSSR count). The van der Waals surface area contributed by atoms with Crippen LogP contribution in [0.4, 0.5) is 0 Å². The molecule has 0 aliphatic rings. The quantitative estimate of drug-likeness (QED) is 0.359. The highest BCUT2D eigenvalue weighted by Crippen LogP contribution is 2.20. The zero-order chi connectivity index (χ0) is 15.6. The summed E-state index contributed by atoms with van der Waals surface area (Å²) in [6.07, 6.45) is 8.95. The molecule has 0 aliphatic heterocycles. The Morgan fingerprint density at radius 1 is 1.35 bits per heavy atom. The molecule has 1 atom stereocenters. The first-order chi connectivity index (χ1) is 9.30. The Bertz CT molecular complexity index is 340. The number of rotatable bonds is 9. The lowest BCUT2D eigenvalue weighted by atomic mass is 9.96. The SMILES string of the molecule is CCOC(C)(C)CCCC(C)/C=C/C(C)=C/C(=O)OC. The van der Waals surface area contributed by atoms with Gasteiger partial charge in [-0.05, 0) is 52.0 Å². The number of esters is 1. The van der Waals surface area contributed by atoms with E-state index in [2.05, 4.69) is 31.6 Å². The molecule has 0 aliphatic carbocycles. The maximum atomic E-state index is 11.1. The van der Waals surface area contributed by atoms with Crippen LogP contribution >= 0.6 is 0 Å². The highest BCUT2D eigenvalue weighted by molar-refractivity contribution is 5.83. The Morgan fingerprint density at radius 3 is 2.55 bits per heavy atom. The molecule has 0 saturated carbocycles. The highest BCUT2D eigenvalue weighted by atomic mass is 16.5. The number of allylic oxidation sites excluding steroid dienone is 3. The van der Waals surface area contributed by atoms with Crippen molar-refractivity contribution >= 4 is 5.97 Å². The molecule has 0 spiro atoms. The van der Waals surface area contributed by atoms with Gasteiger partial charge in [0, 0.05) is 12.7 Å². The van der Waals surface area contributed by atoms with Crippen molar-refractivity contribution in [2.24, 2.45) is 5.92 Å². The van der Waals surface area contributed by atoms with Crippen LogP contribution in [0.1, 0.15) is 53.9 Å². The lowest BCUT2D eigenvalue weighted by Gasteiger charge is -2.24. The fourth-order valence-corrected chi connectivity index (χ4v) is 2.02. The van der Waals surface area contributed by atoms with E-state index in [9.17, 15) is 4.79 Å². The van der Waals surface area contributed by atoms with Crippen LogP contribution in [-0.4, -0.2) is 25.3 Å². The third-order valence-corrected chi connectivity index (χ3v) is 3.21. The molecule has 0 aromatic heterocycles. The first-order valence-corrected chi connectivity index (χ1v) is 7.39. The summed E-state index contributed by atoms with van der Waals surface area (Å²) in [6, 6.07) is 0. The zero-order valence-corrected chi connectivity index (χ0v) is 13.9. The van der Waals surface area contributed by atoms with E-state index in [4.69, 9.17) is 4.74 Å². The molecule has 0 aromatic carbocycles. The number of ether oxygens (including phenoxy) is 2. The zero-order valence-electron chi connectivity index (χ0n) is 13.9. The van der Waals surface area contributed by atoms with Crippen molar-refractivity contribution in [2.75, 3.05) is 13.7 Å². The number of hydrogen-bond acceptors (Lipinski definition) is 3. The molecule has 0 N–H and O–H groups in total. The molecule has 0 bridgehead atoms. The summed E-state index contributed by atoms with van der Waals surface area (Å²) in [7, 11) is 1.39. The Morgan fingerprint density at radius 2 is 2.00 bits per heavy atom. The molecule has 3 heteroatoms. The molecule has 116 valence electrons. The predicted molar refractivity (Wildman–Crippen MR) is 83.6 cm³/mol. The van der Waals surface area contributed by atoms with Crippen molar-refractivity contribution in [3.63, 3.8) is 0 Å². The second kappa shape index (κ2) is 9.76. The molecule has 0 amide bonds.